The first-order valence-electron chi connectivity index (χ1n) is 14.3. The average molecular weight is 610 g/mol. The fraction of sp³-hybridized carbons (Fsp3) is 0.433. The molecule has 0 radical (unpaired) electrons. The van der Waals surface area contributed by atoms with Crippen molar-refractivity contribution in [2.75, 3.05) is 31.1 Å². The maximum Gasteiger partial charge on any atom is 0.407 e. The number of hydrogen-bond donors (Lipinski definition) is 1. The van der Waals surface area contributed by atoms with Crippen LogP contribution >= 0.6 is 11.6 Å². The number of morpholine rings is 1. The molecule has 1 N–H and O–H groups in total. The highest BCUT2D eigenvalue weighted by molar-refractivity contribution is 6.30. The Hall–Kier alpha value is -4.03. The standard InChI is InChI=1S/C30H33ClFN7O4/c1-16(2)9-23-24(14-38(23)30(41)42)39-13-18(12-33-39)25-15-37(7-8-43-25)26-11-22-27(29(40)36(4)17(3)34-22)28(35-26)20-6-5-19(31)10-21(20)32/h5-6,10-13,16,23-25H,7-9,14-15H2,1-4H3,(H,41,42)/t23?,24?,25-/m1/s1. The number of carboxylic acid groups (broad SMARTS) is 1. The lowest BCUT2D eigenvalue weighted by Gasteiger charge is -2.47. The second-order valence-electron chi connectivity index (χ2n) is 11.6. The summed E-state index contributed by atoms with van der Waals surface area (Å²) in [7, 11) is 1.63. The highest BCUT2D eigenvalue weighted by Gasteiger charge is 2.44. The van der Waals surface area contributed by atoms with Gasteiger partial charge in [-0.3, -0.25) is 14.0 Å². The number of amides is 1. The molecule has 2 fully saturated rings. The zero-order valence-electron chi connectivity index (χ0n) is 24.4. The predicted molar refractivity (Wildman–Crippen MR) is 160 cm³/mol. The van der Waals surface area contributed by atoms with Gasteiger partial charge in [0, 0.05) is 55.1 Å². The summed E-state index contributed by atoms with van der Waals surface area (Å²) in [5, 5.41) is 14.6. The number of rotatable bonds is 6. The van der Waals surface area contributed by atoms with Crippen LogP contribution in [0.25, 0.3) is 22.2 Å². The first kappa shape index (κ1) is 29.1. The van der Waals surface area contributed by atoms with Crippen LogP contribution in [0.2, 0.25) is 5.02 Å². The first-order valence-corrected chi connectivity index (χ1v) is 14.6. The third kappa shape index (κ3) is 5.33. The van der Waals surface area contributed by atoms with Crippen molar-refractivity contribution in [2.24, 2.45) is 13.0 Å². The number of aryl methyl sites for hydroxylation is 1. The summed E-state index contributed by atoms with van der Waals surface area (Å²) in [5.41, 5.74) is 1.35. The maximum absolute atomic E-state index is 15.2. The van der Waals surface area contributed by atoms with Crippen molar-refractivity contribution >= 4 is 34.4 Å². The molecule has 0 aliphatic carbocycles. The van der Waals surface area contributed by atoms with Gasteiger partial charge in [-0.2, -0.15) is 5.10 Å². The summed E-state index contributed by atoms with van der Waals surface area (Å²) in [6, 6.07) is 5.89. The lowest BCUT2D eigenvalue weighted by molar-refractivity contribution is 0.0134. The lowest BCUT2D eigenvalue weighted by Crippen LogP contribution is -2.59. The fourth-order valence-electron chi connectivity index (χ4n) is 5.95. The SMILES string of the molecule is Cc1nc2cc(N3CCO[C@@H](c4cnn(C5CN(C(=O)O)C5CC(C)C)c4)C3)nc(-c3ccc(Cl)cc3F)c2c(=O)n1C. The topological polar surface area (TPSA) is 119 Å². The third-order valence-corrected chi connectivity index (χ3v) is 8.60. The normalized spacial score (nSPS) is 20.6. The van der Waals surface area contributed by atoms with E-state index in [0.717, 1.165) is 12.0 Å². The minimum absolute atomic E-state index is 0.0390. The number of nitrogens with zero attached hydrogens (tertiary/aromatic N) is 7. The Balaban J connectivity index is 1.32. The summed E-state index contributed by atoms with van der Waals surface area (Å²) in [6.45, 7) is 7.68. The first-order chi connectivity index (χ1) is 20.5. The predicted octanol–water partition coefficient (Wildman–Crippen LogP) is 4.82. The van der Waals surface area contributed by atoms with Gasteiger partial charge in [0.2, 0.25) is 0 Å². The average Bonchev–Trinajstić information content (AvgIpc) is 3.43. The minimum atomic E-state index is -0.913. The highest BCUT2D eigenvalue weighted by atomic mass is 35.5. The van der Waals surface area contributed by atoms with Crippen LogP contribution in [-0.2, 0) is 11.8 Å². The maximum atomic E-state index is 15.2. The number of benzene rings is 1. The van der Waals surface area contributed by atoms with Gasteiger partial charge in [-0.25, -0.2) is 19.2 Å². The van der Waals surface area contributed by atoms with Crippen molar-refractivity contribution in [1.82, 2.24) is 29.2 Å². The molecule has 6 rings (SSSR count). The molecule has 0 bridgehead atoms. The summed E-state index contributed by atoms with van der Waals surface area (Å²) < 4.78 is 24.6. The number of likely N-dealkylation sites (tertiary alicyclic amines) is 1. The molecule has 3 aromatic heterocycles. The van der Waals surface area contributed by atoms with E-state index < -0.39 is 11.9 Å². The summed E-state index contributed by atoms with van der Waals surface area (Å²) in [4.78, 5) is 38.0. The minimum Gasteiger partial charge on any atom is -0.465 e. The van der Waals surface area contributed by atoms with E-state index >= 15 is 4.39 Å². The van der Waals surface area contributed by atoms with Crippen LogP contribution in [0.15, 0.2) is 41.5 Å². The molecule has 4 aromatic rings. The molecule has 2 aliphatic heterocycles. The molecule has 5 heterocycles. The van der Waals surface area contributed by atoms with E-state index in [4.69, 9.17) is 21.3 Å². The number of fused-ring (bicyclic) bond motifs is 1. The largest absolute Gasteiger partial charge is 0.465 e. The number of aromatic nitrogens is 5. The monoisotopic (exact) mass is 609 g/mol. The van der Waals surface area contributed by atoms with E-state index in [1.807, 2.05) is 15.8 Å². The van der Waals surface area contributed by atoms with Gasteiger partial charge in [0.15, 0.2) is 0 Å². The Labute approximate surface area is 252 Å². The van der Waals surface area contributed by atoms with Crippen molar-refractivity contribution in [3.8, 4) is 11.3 Å². The summed E-state index contributed by atoms with van der Waals surface area (Å²) in [5.74, 6) is 0.837. The van der Waals surface area contributed by atoms with Gasteiger partial charge in [0.1, 0.15) is 23.6 Å². The van der Waals surface area contributed by atoms with Crippen molar-refractivity contribution in [2.45, 2.75) is 45.4 Å². The number of pyridine rings is 1. The number of anilines is 1. The molecule has 0 spiro atoms. The Bertz CT molecular complexity index is 1770. The van der Waals surface area contributed by atoms with E-state index in [2.05, 4.69) is 23.9 Å². The Morgan fingerprint density at radius 1 is 1.23 bits per heavy atom. The molecule has 1 amide bonds. The molecular formula is C30H33ClFN7O4. The third-order valence-electron chi connectivity index (χ3n) is 8.37. The molecule has 226 valence electrons. The van der Waals surface area contributed by atoms with E-state index in [1.165, 1.54) is 21.6 Å². The van der Waals surface area contributed by atoms with Crippen LogP contribution in [0, 0.1) is 18.7 Å². The van der Waals surface area contributed by atoms with E-state index in [0.29, 0.717) is 49.3 Å². The number of ether oxygens (including phenoxy) is 1. The van der Waals surface area contributed by atoms with Gasteiger partial charge < -0.3 is 19.6 Å². The zero-order valence-corrected chi connectivity index (χ0v) is 25.1. The molecule has 2 saturated heterocycles. The Kier molecular flexibility index (Phi) is 7.59. The number of hydrogen-bond acceptors (Lipinski definition) is 7. The smallest absolute Gasteiger partial charge is 0.407 e. The van der Waals surface area contributed by atoms with Gasteiger partial charge in [-0.15, -0.1) is 0 Å². The lowest BCUT2D eigenvalue weighted by atomic mass is 9.89. The summed E-state index contributed by atoms with van der Waals surface area (Å²) >= 11 is 6.02. The van der Waals surface area contributed by atoms with Crippen molar-refractivity contribution in [3.05, 3.63) is 69.2 Å². The molecule has 3 atom stereocenters. The van der Waals surface area contributed by atoms with Crippen LogP contribution in [0.5, 0.6) is 0 Å². The second kappa shape index (κ2) is 11.2. The van der Waals surface area contributed by atoms with Crippen LogP contribution in [0.4, 0.5) is 15.0 Å². The van der Waals surface area contributed by atoms with Gasteiger partial charge in [0.05, 0.1) is 41.5 Å². The Morgan fingerprint density at radius 2 is 2.02 bits per heavy atom. The van der Waals surface area contributed by atoms with Crippen molar-refractivity contribution in [1.29, 1.82) is 0 Å². The van der Waals surface area contributed by atoms with E-state index in [1.54, 1.807) is 32.3 Å². The van der Waals surface area contributed by atoms with Gasteiger partial charge in [-0.05, 0) is 37.5 Å². The molecule has 0 saturated carbocycles. The van der Waals surface area contributed by atoms with E-state index in [-0.39, 0.29) is 45.4 Å². The van der Waals surface area contributed by atoms with Gasteiger partial charge >= 0.3 is 6.09 Å². The highest BCUT2D eigenvalue weighted by Crippen LogP contribution is 2.36. The zero-order chi connectivity index (χ0) is 30.6. The van der Waals surface area contributed by atoms with Gasteiger partial charge in [0.25, 0.3) is 5.56 Å². The molecular weight excluding hydrogens is 577 g/mol. The van der Waals surface area contributed by atoms with Crippen molar-refractivity contribution in [3.63, 3.8) is 0 Å². The number of halogens is 2. The van der Waals surface area contributed by atoms with Crippen LogP contribution < -0.4 is 10.5 Å². The number of carbonyl (C=O) groups is 1. The molecule has 11 nitrogen and oxygen atoms in total. The van der Waals surface area contributed by atoms with Crippen LogP contribution in [-0.4, -0.2) is 72.7 Å². The fourth-order valence-corrected chi connectivity index (χ4v) is 6.11. The second-order valence-corrected chi connectivity index (χ2v) is 12.1. The molecule has 2 aliphatic rings. The molecule has 13 heteroatoms. The molecule has 2 unspecified atom stereocenters. The van der Waals surface area contributed by atoms with E-state index in [9.17, 15) is 14.7 Å². The quantitative estimate of drug-likeness (QED) is 0.331. The van der Waals surface area contributed by atoms with Crippen molar-refractivity contribution < 1.29 is 19.0 Å². The summed E-state index contributed by atoms with van der Waals surface area (Å²) in [6.07, 6.45) is 3.21. The van der Waals surface area contributed by atoms with Gasteiger partial charge in [-0.1, -0.05) is 25.4 Å². The molecule has 1 aromatic carbocycles. The van der Waals surface area contributed by atoms with Crippen LogP contribution in [0.1, 0.15) is 43.8 Å². The Morgan fingerprint density at radius 3 is 2.74 bits per heavy atom. The van der Waals surface area contributed by atoms with Crippen LogP contribution in [0.3, 0.4) is 0 Å². The molecule has 43 heavy (non-hydrogen) atoms.